The molecule has 1 saturated heterocycles. The van der Waals surface area contributed by atoms with Crippen LogP contribution in [-0.4, -0.2) is 60.2 Å². The Morgan fingerprint density at radius 1 is 1.11 bits per heavy atom. The van der Waals surface area contributed by atoms with Crippen LogP contribution in [0.5, 0.6) is 0 Å². The highest BCUT2D eigenvalue weighted by Crippen LogP contribution is 2.27. The third-order valence-electron chi connectivity index (χ3n) is 4.58. The number of hydrogen-bond acceptors (Lipinski definition) is 4. The summed E-state index contributed by atoms with van der Waals surface area (Å²) in [4.78, 5) is 25.6. The number of rotatable bonds is 4. The predicted octanol–water partition coefficient (Wildman–Crippen LogP) is 1.58. The molecule has 0 spiro atoms. The van der Waals surface area contributed by atoms with E-state index in [0.29, 0.717) is 0 Å². The maximum atomic E-state index is 12.8. The van der Waals surface area contributed by atoms with Gasteiger partial charge in [0.2, 0.25) is 10.0 Å². The highest BCUT2D eigenvalue weighted by atomic mass is 35.5. The number of hydrogen-bond donors (Lipinski definition) is 1. The fourth-order valence-corrected chi connectivity index (χ4v) is 4.92. The van der Waals surface area contributed by atoms with E-state index in [0.717, 1.165) is 0 Å². The Hall–Kier alpha value is -2.07. The number of benzene rings is 1. The van der Waals surface area contributed by atoms with Gasteiger partial charge in [-0.1, -0.05) is 29.3 Å². The predicted molar refractivity (Wildman–Crippen MR) is 105 cm³/mol. The number of amides is 2. The van der Waals surface area contributed by atoms with E-state index in [4.69, 9.17) is 28.9 Å². The first-order valence-corrected chi connectivity index (χ1v) is 10.5. The van der Waals surface area contributed by atoms with E-state index in [1.54, 1.807) is 25.2 Å². The monoisotopic (exact) mass is 444 g/mol. The molecule has 1 aromatic heterocycles. The fraction of sp³-hybridized carbons (Fsp3) is 0.294. The van der Waals surface area contributed by atoms with Crippen LogP contribution in [0.3, 0.4) is 0 Å². The largest absolute Gasteiger partial charge is 0.364 e. The molecule has 11 heteroatoms. The molecule has 1 aliphatic rings. The Morgan fingerprint density at radius 2 is 1.75 bits per heavy atom. The van der Waals surface area contributed by atoms with E-state index in [1.807, 2.05) is 0 Å². The van der Waals surface area contributed by atoms with Crippen molar-refractivity contribution in [2.45, 2.75) is 4.90 Å². The summed E-state index contributed by atoms with van der Waals surface area (Å²) < 4.78 is 28.3. The smallest absolute Gasteiger partial charge is 0.265 e. The van der Waals surface area contributed by atoms with Crippen LogP contribution in [0, 0.1) is 0 Å². The number of halogens is 2. The molecule has 8 nitrogen and oxygen atoms in total. The van der Waals surface area contributed by atoms with E-state index in [9.17, 15) is 18.0 Å². The van der Waals surface area contributed by atoms with E-state index >= 15 is 0 Å². The average molecular weight is 445 g/mol. The Morgan fingerprint density at radius 3 is 2.32 bits per heavy atom. The average Bonchev–Trinajstić information content (AvgIpc) is 3.06. The number of piperazine rings is 1. The second-order valence-electron chi connectivity index (χ2n) is 6.33. The van der Waals surface area contributed by atoms with E-state index in [-0.39, 0.29) is 58.3 Å². The minimum absolute atomic E-state index is 0.0125. The molecule has 1 aliphatic heterocycles. The Labute approximate surface area is 172 Å². The second kappa shape index (κ2) is 7.75. The van der Waals surface area contributed by atoms with E-state index < -0.39 is 15.9 Å². The molecule has 28 heavy (non-hydrogen) atoms. The van der Waals surface area contributed by atoms with Gasteiger partial charge < -0.3 is 15.2 Å². The quantitative estimate of drug-likeness (QED) is 0.771. The van der Waals surface area contributed by atoms with Gasteiger partial charge in [-0.15, -0.1) is 0 Å². The number of nitrogens with zero attached hydrogens (tertiary/aromatic N) is 3. The third-order valence-corrected chi connectivity index (χ3v) is 7.26. The molecule has 2 aromatic rings. The fourth-order valence-electron chi connectivity index (χ4n) is 3.04. The first kappa shape index (κ1) is 20.7. The summed E-state index contributed by atoms with van der Waals surface area (Å²) in [5, 5.41) is 0.454. The number of sulfonamides is 1. The van der Waals surface area contributed by atoms with Crippen molar-refractivity contribution in [2.24, 2.45) is 12.8 Å². The number of primary amides is 1. The molecule has 0 bridgehead atoms. The van der Waals surface area contributed by atoms with Crippen molar-refractivity contribution in [3.8, 4) is 0 Å². The highest BCUT2D eigenvalue weighted by molar-refractivity contribution is 7.89. The summed E-state index contributed by atoms with van der Waals surface area (Å²) in [6.45, 7) is 0.646. The van der Waals surface area contributed by atoms with Crippen LogP contribution in [0.15, 0.2) is 35.4 Å². The third kappa shape index (κ3) is 3.75. The summed E-state index contributed by atoms with van der Waals surface area (Å²) in [7, 11) is -2.26. The van der Waals surface area contributed by atoms with Gasteiger partial charge in [-0.25, -0.2) is 8.42 Å². The zero-order valence-electron chi connectivity index (χ0n) is 14.9. The topological polar surface area (TPSA) is 106 Å². The van der Waals surface area contributed by atoms with Crippen molar-refractivity contribution in [1.29, 1.82) is 0 Å². The molecule has 2 N–H and O–H groups in total. The summed E-state index contributed by atoms with van der Waals surface area (Å²) in [5.74, 6) is -1.02. The van der Waals surface area contributed by atoms with Gasteiger partial charge in [0.05, 0.1) is 15.6 Å². The molecular formula is C17H18Cl2N4O4S. The lowest BCUT2D eigenvalue weighted by Gasteiger charge is -2.34. The summed E-state index contributed by atoms with van der Waals surface area (Å²) in [5.41, 5.74) is 5.62. The zero-order valence-corrected chi connectivity index (χ0v) is 17.3. The lowest BCUT2D eigenvalue weighted by molar-refractivity contribution is 0.0698. The van der Waals surface area contributed by atoms with Crippen LogP contribution in [0.1, 0.15) is 20.8 Å². The molecule has 150 valence electrons. The molecule has 2 amide bonds. The SMILES string of the molecule is Cn1cc(S(=O)(=O)N2CCN(C(=O)c3cccc(Cl)c3Cl)CC2)cc1C(N)=O. The van der Waals surface area contributed by atoms with Crippen molar-refractivity contribution in [3.05, 3.63) is 51.8 Å². The molecule has 1 aromatic carbocycles. The molecule has 0 aliphatic carbocycles. The van der Waals surface area contributed by atoms with Gasteiger partial charge in [0.1, 0.15) is 10.6 Å². The van der Waals surface area contributed by atoms with E-state index in [1.165, 1.54) is 26.0 Å². The van der Waals surface area contributed by atoms with Gasteiger partial charge in [-0.2, -0.15) is 4.31 Å². The number of nitrogens with two attached hydrogens (primary N) is 1. The van der Waals surface area contributed by atoms with Gasteiger partial charge in [-0.3, -0.25) is 9.59 Å². The Bertz CT molecular complexity index is 1040. The van der Waals surface area contributed by atoms with E-state index in [2.05, 4.69) is 0 Å². The lowest BCUT2D eigenvalue weighted by Crippen LogP contribution is -2.50. The van der Waals surface area contributed by atoms with Crippen LogP contribution in [0.4, 0.5) is 0 Å². The first-order chi connectivity index (χ1) is 13.1. The molecular weight excluding hydrogens is 427 g/mol. The first-order valence-electron chi connectivity index (χ1n) is 8.32. The molecule has 1 fully saturated rings. The number of carbonyl (C=O) groups excluding carboxylic acids is 2. The van der Waals surface area contributed by atoms with Crippen LogP contribution < -0.4 is 5.73 Å². The highest BCUT2D eigenvalue weighted by Gasteiger charge is 2.32. The van der Waals surface area contributed by atoms with Gasteiger partial charge in [-0.05, 0) is 18.2 Å². The van der Waals surface area contributed by atoms with Crippen molar-refractivity contribution in [2.75, 3.05) is 26.2 Å². The Balaban J connectivity index is 1.74. The molecule has 0 saturated carbocycles. The zero-order chi connectivity index (χ0) is 20.6. The van der Waals surface area contributed by atoms with Crippen LogP contribution >= 0.6 is 23.2 Å². The maximum absolute atomic E-state index is 12.8. The van der Waals surface area contributed by atoms with Gasteiger partial charge in [0.25, 0.3) is 11.8 Å². The van der Waals surface area contributed by atoms with Crippen molar-refractivity contribution < 1.29 is 18.0 Å². The molecule has 0 radical (unpaired) electrons. The van der Waals surface area contributed by atoms with Crippen LogP contribution in [0.25, 0.3) is 0 Å². The normalized spacial score (nSPS) is 15.6. The second-order valence-corrected chi connectivity index (χ2v) is 9.06. The molecule has 0 unspecified atom stereocenters. The summed E-state index contributed by atoms with van der Waals surface area (Å²) in [6, 6.07) is 6.05. The minimum atomic E-state index is -3.81. The van der Waals surface area contributed by atoms with Gasteiger partial charge in [0.15, 0.2) is 0 Å². The van der Waals surface area contributed by atoms with Gasteiger partial charge >= 0.3 is 0 Å². The molecule has 2 heterocycles. The minimum Gasteiger partial charge on any atom is -0.364 e. The maximum Gasteiger partial charge on any atom is 0.265 e. The molecule has 3 rings (SSSR count). The number of carbonyl (C=O) groups is 2. The standard InChI is InChI=1S/C17H18Cl2N4O4S/c1-21-10-11(9-14(21)16(20)24)28(26,27)23-7-5-22(6-8-23)17(25)12-3-2-4-13(18)15(12)19/h2-4,9-10H,5-8H2,1H3,(H2,20,24). The lowest BCUT2D eigenvalue weighted by atomic mass is 10.2. The van der Waals surface area contributed by atoms with Crippen molar-refractivity contribution >= 4 is 45.0 Å². The van der Waals surface area contributed by atoms with Crippen LogP contribution in [-0.2, 0) is 17.1 Å². The molecule has 0 atom stereocenters. The number of aromatic nitrogens is 1. The van der Waals surface area contributed by atoms with Crippen molar-refractivity contribution in [3.63, 3.8) is 0 Å². The summed E-state index contributed by atoms with van der Waals surface area (Å²) in [6.07, 6.45) is 1.35. The van der Waals surface area contributed by atoms with Gasteiger partial charge in [0, 0.05) is 39.4 Å². The Kier molecular flexibility index (Phi) is 5.72. The summed E-state index contributed by atoms with van der Waals surface area (Å²) >= 11 is 12.1. The van der Waals surface area contributed by atoms with Crippen LogP contribution in [0.2, 0.25) is 10.0 Å². The number of aryl methyl sites for hydroxylation is 1. The van der Waals surface area contributed by atoms with Crippen molar-refractivity contribution in [1.82, 2.24) is 13.8 Å².